The molecule has 2 N–H and O–H groups in total. The van der Waals surface area contributed by atoms with Crippen molar-refractivity contribution in [1.82, 2.24) is 5.32 Å². The van der Waals surface area contributed by atoms with Gasteiger partial charge in [-0.05, 0) is 31.5 Å². The third-order valence-corrected chi connectivity index (χ3v) is 2.75. The predicted molar refractivity (Wildman–Crippen MR) is 68.8 cm³/mol. The molecule has 0 bridgehead atoms. The van der Waals surface area contributed by atoms with Gasteiger partial charge in [0.1, 0.15) is 5.82 Å². The van der Waals surface area contributed by atoms with Gasteiger partial charge in [-0.15, -0.1) is 0 Å². The van der Waals surface area contributed by atoms with Crippen LogP contribution in [-0.2, 0) is 0 Å². The maximum absolute atomic E-state index is 13.2. The van der Waals surface area contributed by atoms with Crippen molar-refractivity contribution in [3.8, 4) is 0 Å². The van der Waals surface area contributed by atoms with E-state index in [0.29, 0.717) is 0 Å². The minimum atomic E-state index is -0.236. The topological polar surface area (TPSA) is 35.5 Å². The summed E-state index contributed by atoms with van der Waals surface area (Å²) in [5.41, 5.74) is 1.88. The average Bonchev–Trinajstić information content (AvgIpc) is 2.28. The zero-order chi connectivity index (χ0) is 13.0. The highest BCUT2D eigenvalue weighted by molar-refractivity contribution is 5.54. The summed E-state index contributed by atoms with van der Waals surface area (Å²) in [6, 6.07) is 4.86. The van der Waals surface area contributed by atoms with E-state index in [1.807, 2.05) is 32.8 Å². The number of anilines is 1. The van der Waals surface area contributed by atoms with Gasteiger partial charge in [-0.1, -0.05) is 6.07 Å². The molecule has 0 saturated carbocycles. The molecule has 0 spiro atoms. The van der Waals surface area contributed by atoms with E-state index in [9.17, 15) is 4.39 Å². The number of nitrogens with zero attached hydrogens (tertiary/aromatic N) is 1. The van der Waals surface area contributed by atoms with Gasteiger partial charge in [0.15, 0.2) is 0 Å². The lowest BCUT2D eigenvalue weighted by Crippen LogP contribution is -2.32. The Balaban J connectivity index is 2.96. The molecule has 0 radical (unpaired) electrons. The summed E-state index contributed by atoms with van der Waals surface area (Å²) in [4.78, 5) is 1.89. The highest BCUT2D eigenvalue weighted by Gasteiger charge is 2.14. The molecular formula is C13H21FN2O. The van der Waals surface area contributed by atoms with Gasteiger partial charge in [0, 0.05) is 31.9 Å². The van der Waals surface area contributed by atoms with Crippen LogP contribution in [0.25, 0.3) is 0 Å². The lowest BCUT2D eigenvalue weighted by Gasteiger charge is -2.24. The molecule has 0 heterocycles. The fraction of sp³-hybridized carbons (Fsp3) is 0.538. The minimum absolute atomic E-state index is 0.0186. The zero-order valence-electron chi connectivity index (χ0n) is 10.9. The van der Waals surface area contributed by atoms with Crippen LogP contribution >= 0.6 is 0 Å². The van der Waals surface area contributed by atoms with Crippen molar-refractivity contribution in [1.29, 1.82) is 0 Å². The lowest BCUT2D eigenvalue weighted by atomic mass is 10.0. The molecule has 4 heteroatoms. The fourth-order valence-corrected chi connectivity index (χ4v) is 1.84. The fourth-order valence-electron chi connectivity index (χ4n) is 1.84. The van der Waals surface area contributed by atoms with Crippen LogP contribution in [0.4, 0.5) is 10.1 Å². The highest BCUT2D eigenvalue weighted by atomic mass is 19.1. The molecule has 1 unspecified atom stereocenters. The SMILES string of the molecule is CC(N[C@H](C)CO)c1ccc(F)cc1N(C)C. The quantitative estimate of drug-likeness (QED) is 0.825. The Morgan fingerprint density at radius 3 is 2.53 bits per heavy atom. The van der Waals surface area contributed by atoms with Crippen LogP contribution in [0.3, 0.4) is 0 Å². The molecule has 0 fully saturated rings. The summed E-state index contributed by atoms with van der Waals surface area (Å²) in [6.07, 6.45) is 0. The average molecular weight is 240 g/mol. The Morgan fingerprint density at radius 1 is 1.35 bits per heavy atom. The third-order valence-electron chi connectivity index (χ3n) is 2.75. The predicted octanol–water partition coefficient (Wildman–Crippen LogP) is 1.92. The Kier molecular flexibility index (Phi) is 4.90. The first-order valence-corrected chi connectivity index (χ1v) is 5.79. The molecule has 0 aliphatic heterocycles. The molecule has 96 valence electrons. The zero-order valence-corrected chi connectivity index (χ0v) is 10.9. The van der Waals surface area contributed by atoms with Crippen LogP contribution in [0, 0.1) is 5.82 Å². The van der Waals surface area contributed by atoms with E-state index < -0.39 is 0 Å². The summed E-state index contributed by atoms with van der Waals surface area (Å²) < 4.78 is 13.2. The first kappa shape index (κ1) is 13.9. The van der Waals surface area contributed by atoms with Crippen LogP contribution in [0.5, 0.6) is 0 Å². The number of benzene rings is 1. The molecule has 2 atom stereocenters. The summed E-state index contributed by atoms with van der Waals surface area (Å²) in [6.45, 7) is 4.00. The summed E-state index contributed by atoms with van der Waals surface area (Å²) in [7, 11) is 3.78. The van der Waals surface area contributed by atoms with Gasteiger partial charge in [0.05, 0.1) is 6.61 Å². The number of aliphatic hydroxyl groups excluding tert-OH is 1. The van der Waals surface area contributed by atoms with Gasteiger partial charge < -0.3 is 15.3 Å². The molecule has 0 amide bonds. The summed E-state index contributed by atoms with van der Waals surface area (Å²) in [5.74, 6) is -0.236. The molecular weight excluding hydrogens is 219 g/mol. The van der Waals surface area contributed by atoms with E-state index in [0.717, 1.165) is 11.3 Å². The van der Waals surface area contributed by atoms with Gasteiger partial charge in [-0.25, -0.2) is 4.39 Å². The van der Waals surface area contributed by atoms with E-state index in [4.69, 9.17) is 5.11 Å². The molecule has 1 rings (SSSR count). The number of hydrogen-bond acceptors (Lipinski definition) is 3. The van der Waals surface area contributed by atoms with E-state index in [1.54, 1.807) is 6.07 Å². The number of nitrogens with one attached hydrogen (secondary N) is 1. The largest absolute Gasteiger partial charge is 0.395 e. The molecule has 3 nitrogen and oxygen atoms in total. The smallest absolute Gasteiger partial charge is 0.125 e. The van der Waals surface area contributed by atoms with Crippen molar-refractivity contribution >= 4 is 5.69 Å². The van der Waals surface area contributed by atoms with Crippen LogP contribution < -0.4 is 10.2 Å². The molecule has 1 aromatic rings. The van der Waals surface area contributed by atoms with Gasteiger partial charge in [-0.2, -0.15) is 0 Å². The Morgan fingerprint density at radius 2 is 2.00 bits per heavy atom. The Hall–Kier alpha value is -1.13. The van der Waals surface area contributed by atoms with Crippen molar-refractivity contribution in [2.45, 2.75) is 25.9 Å². The van der Waals surface area contributed by atoms with Crippen LogP contribution in [0.1, 0.15) is 25.5 Å². The Bertz CT molecular complexity index is 368. The van der Waals surface area contributed by atoms with Gasteiger partial charge >= 0.3 is 0 Å². The second-order valence-electron chi connectivity index (χ2n) is 4.57. The number of aliphatic hydroxyl groups is 1. The van der Waals surface area contributed by atoms with Crippen molar-refractivity contribution in [3.05, 3.63) is 29.6 Å². The molecule has 0 saturated heterocycles. The summed E-state index contributed by atoms with van der Waals surface area (Å²) in [5, 5.41) is 12.3. The Labute approximate surface area is 102 Å². The van der Waals surface area contributed by atoms with E-state index in [1.165, 1.54) is 12.1 Å². The number of halogens is 1. The molecule has 0 aromatic heterocycles. The monoisotopic (exact) mass is 240 g/mol. The van der Waals surface area contributed by atoms with Crippen LogP contribution in [0.2, 0.25) is 0 Å². The maximum Gasteiger partial charge on any atom is 0.125 e. The number of rotatable bonds is 5. The molecule has 1 aromatic carbocycles. The second kappa shape index (κ2) is 5.98. The van der Waals surface area contributed by atoms with Crippen molar-refractivity contribution in [2.75, 3.05) is 25.6 Å². The van der Waals surface area contributed by atoms with E-state index >= 15 is 0 Å². The van der Waals surface area contributed by atoms with E-state index in [2.05, 4.69) is 5.32 Å². The first-order chi connectivity index (χ1) is 7.95. The third kappa shape index (κ3) is 3.68. The van der Waals surface area contributed by atoms with E-state index in [-0.39, 0.29) is 24.5 Å². The summed E-state index contributed by atoms with van der Waals surface area (Å²) >= 11 is 0. The normalized spacial score (nSPS) is 14.5. The molecule has 17 heavy (non-hydrogen) atoms. The van der Waals surface area contributed by atoms with Crippen LogP contribution in [-0.4, -0.2) is 31.9 Å². The van der Waals surface area contributed by atoms with Crippen LogP contribution in [0.15, 0.2) is 18.2 Å². The maximum atomic E-state index is 13.2. The van der Waals surface area contributed by atoms with Gasteiger partial charge in [0.25, 0.3) is 0 Å². The van der Waals surface area contributed by atoms with Gasteiger partial charge in [0.2, 0.25) is 0 Å². The first-order valence-electron chi connectivity index (χ1n) is 5.79. The highest BCUT2D eigenvalue weighted by Crippen LogP contribution is 2.26. The molecule has 0 aliphatic carbocycles. The number of hydrogen-bond donors (Lipinski definition) is 2. The van der Waals surface area contributed by atoms with Crippen molar-refractivity contribution < 1.29 is 9.50 Å². The second-order valence-corrected chi connectivity index (χ2v) is 4.57. The lowest BCUT2D eigenvalue weighted by molar-refractivity contribution is 0.243. The van der Waals surface area contributed by atoms with Crippen molar-refractivity contribution in [2.24, 2.45) is 0 Å². The molecule has 0 aliphatic rings. The standard InChI is InChI=1S/C13H21FN2O/c1-9(8-17)15-10(2)12-6-5-11(14)7-13(12)16(3)4/h5-7,9-10,15,17H,8H2,1-4H3/t9-,10?/m1/s1. The van der Waals surface area contributed by atoms with Gasteiger partial charge in [-0.3, -0.25) is 0 Å². The van der Waals surface area contributed by atoms with Crippen molar-refractivity contribution in [3.63, 3.8) is 0 Å². The minimum Gasteiger partial charge on any atom is -0.395 e.